The number of para-hydroxylation sites is 2. The maximum atomic E-state index is 12.1. The van der Waals surface area contributed by atoms with Gasteiger partial charge in [0.15, 0.2) is 0 Å². The minimum atomic E-state index is -0.323. The lowest BCUT2D eigenvalue weighted by Gasteiger charge is -2.06. The first kappa shape index (κ1) is 13.2. The molecule has 0 bridgehead atoms. The van der Waals surface area contributed by atoms with E-state index in [0.29, 0.717) is 5.82 Å². The molecular weight excluding hydrogens is 266 g/mol. The molecule has 106 valence electrons. The van der Waals surface area contributed by atoms with Crippen LogP contribution in [0.25, 0.3) is 11.0 Å². The van der Waals surface area contributed by atoms with Crippen LogP contribution in [0.15, 0.2) is 42.5 Å². The van der Waals surface area contributed by atoms with Crippen molar-refractivity contribution in [1.29, 1.82) is 0 Å². The molecule has 5 nitrogen and oxygen atoms in total. The lowest BCUT2D eigenvalue weighted by atomic mass is 10.1. The van der Waals surface area contributed by atoms with Crippen LogP contribution in [0.5, 0.6) is 5.75 Å². The van der Waals surface area contributed by atoms with Gasteiger partial charge in [0.05, 0.1) is 23.1 Å². The maximum absolute atomic E-state index is 12.1. The van der Waals surface area contributed by atoms with Gasteiger partial charge in [-0.25, -0.2) is 4.98 Å². The highest BCUT2D eigenvalue weighted by Crippen LogP contribution is 2.18. The van der Waals surface area contributed by atoms with Gasteiger partial charge in [-0.15, -0.1) is 0 Å². The Kier molecular flexibility index (Phi) is 3.31. The van der Waals surface area contributed by atoms with Crippen LogP contribution in [0.1, 0.15) is 21.7 Å². The van der Waals surface area contributed by atoms with Gasteiger partial charge >= 0.3 is 0 Å². The highest BCUT2D eigenvalue weighted by molar-refractivity contribution is 5.96. The van der Waals surface area contributed by atoms with E-state index in [-0.39, 0.29) is 23.8 Å². The van der Waals surface area contributed by atoms with Gasteiger partial charge in [-0.3, -0.25) is 4.79 Å². The van der Waals surface area contributed by atoms with Gasteiger partial charge in [0.25, 0.3) is 5.91 Å². The Morgan fingerprint density at radius 2 is 2.10 bits per heavy atom. The van der Waals surface area contributed by atoms with E-state index in [1.807, 2.05) is 31.2 Å². The van der Waals surface area contributed by atoms with Gasteiger partial charge in [0.2, 0.25) is 0 Å². The van der Waals surface area contributed by atoms with Crippen molar-refractivity contribution in [1.82, 2.24) is 15.3 Å². The number of phenols is 1. The maximum Gasteiger partial charge on any atom is 0.255 e. The van der Waals surface area contributed by atoms with Gasteiger partial charge in [-0.1, -0.05) is 23.8 Å². The number of hydrogen-bond acceptors (Lipinski definition) is 3. The molecule has 0 saturated heterocycles. The molecule has 3 aromatic rings. The van der Waals surface area contributed by atoms with Crippen LogP contribution in [0.3, 0.4) is 0 Å². The molecule has 1 heterocycles. The number of nitrogens with zero attached hydrogens (tertiary/aromatic N) is 1. The largest absolute Gasteiger partial charge is 0.507 e. The number of carbonyl (C=O) groups excluding carboxylic acids is 1. The zero-order chi connectivity index (χ0) is 14.8. The zero-order valence-electron chi connectivity index (χ0n) is 11.6. The van der Waals surface area contributed by atoms with E-state index < -0.39 is 0 Å². The van der Waals surface area contributed by atoms with Crippen LogP contribution >= 0.6 is 0 Å². The Bertz CT molecular complexity index is 775. The number of rotatable bonds is 3. The molecule has 21 heavy (non-hydrogen) atoms. The minimum Gasteiger partial charge on any atom is -0.507 e. The molecule has 1 aromatic heterocycles. The third-order valence-corrected chi connectivity index (χ3v) is 3.25. The zero-order valence-corrected chi connectivity index (χ0v) is 11.6. The number of aromatic nitrogens is 2. The topological polar surface area (TPSA) is 78.0 Å². The van der Waals surface area contributed by atoms with Gasteiger partial charge in [0, 0.05) is 0 Å². The number of aromatic amines is 1. The summed E-state index contributed by atoms with van der Waals surface area (Å²) in [6, 6.07) is 12.6. The second kappa shape index (κ2) is 5.28. The predicted molar refractivity (Wildman–Crippen MR) is 80.1 cm³/mol. The molecule has 0 unspecified atom stereocenters. The lowest BCUT2D eigenvalue weighted by molar-refractivity contribution is 0.0947. The van der Waals surface area contributed by atoms with Crippen LogP contribution in [0.2, 0.25) is 0 Å². The summed E-state index contributed by atoms with van der Waals surface area (Å²) in [4.78, 5) is 19.6. The van der Waals surface area contributed by atoms with Gasteiger partial charge in [-0.05, 0) is 31.2 Å². The summed E-state index contributed by atoms with van der Waals surface area (Å²) in [7, 11) is 0. The van der Waals surface area contributed by atoms with Gasteiger partial charge < -0.3 is 15.4 Å². The molecule has 0 spiro atoms. The molecule has 5 heteroatoms. The van der Waals surface area contributed by atoms with Crippen LogP contribution in [0, 0.1) is 6.92 Å². The first-order chi connectivity index (χ1) is 10.1. The van der Waals surface area contributed by atoms with Crippen molar-refractivity contribution >= 4 is 16.9 Å². The summed E-state index contributed by atoms with van der Waals surface area (Å²) in [5, 5.41) is 12.5. The van der Waals surface area contributed by atoms with Crippen molar-refractivity contribution in [3.05, 3.63) is 59.4 Å². The normalized spacial score (nSPS) is 10.7. The number of benzene rings is 2. The number of phenolic OH excluding ortho intramolecular Hbond substituents is 1. The van der Waals surface area contributed by atoms with Crippen LogP contribution in [-0.2, 0) is 6.54 Å². The van der Waals surface area contributed by atoms with E-state index in [9.17, 15) is 9.90 Å². The van der Waals surface area contributed by atoms with E-state index in [0.717, 1.165) is 16.6 Å². The predicted octanol–water partition coefficient (Wildman–Crippen LogP) is 2.51. The van der Waals surface area contributed by atoms with E-state index >= 15 is 0 Å². The van der Waals surface area contributed by atoms with Gasteiger partial charge in [0.1, 0.15) is 11.6 Å². The van der Waals surface area contributed by atoms with E-state index in [1.54, 1.807) is 12.1 Å². The average Bonchev–Trinajstić information content (AvgIpc) is 2.90. The number of imidazole rings is 1. The summed E-state index contributed by atoms with van der Waals surface area (Å²) in [6.45, 7) is 2.15. The summed E-state index contributed by atoms with van der Waals surface area (Å²) in [5.41, 5.74) is 2.98. The SMILES string of the molecule is Cc1ccc(O)c(C(=O)NCc2nc3ccccc3[nH]2)c1. The highest BCUT2D eigenvalue weighted by Gasteiger charge is 2.11. The first-order valence-corrected chi connectivity index (χ1v) is 6.65. The third kappa shape index (κ3) is 2.72. The van der Waals surface area contributed by atoms with Crippen molar-refractivity contribution in [2.45, 2.75) is 13.5 Å². The number of aromatic hydroxyl groups is 1. The lowest BCUT2D eigenvalue weighted by Crippen LogP contribution is -2.23. The number of fused-ring (bicyclic) bond motifs is 1. The van der Waals surface area contributed by atoms with Crippen molar-refractivity contribution in [3.8, 4) is 5.75 Å². The molecule has 1 amide bonds. The number of aryl methyl sites for hydroxylation is 1. The van der Waals surface area contributed by atoms with Crippen molar-refractivity contribution < 1.29 is 9.90 Å². The standard InChI is InChI=1S/C16H15N3O2/c1-10-6-7-14(20)11(8-10)16(21)17-9-15-18-12-4-2-3-5-13(12)19-15/h2-8,20H,9H2,1H3,(H,17,21)(H,18,19). The minimum absolute atomic E-state index is 0.0253. The number of H-pyrrole nitrogens is 1. The fourth-order valence-corrected chi connectivity index (χ4v) is 2.18. The Morgan fingerprint density at radius 1 is 1.29 bits per heavy atom. The van der Waals surface area contributed by atoms with Crippen molar-refractivity contribution in [3.63, 3.8) is 0 Å². The third-order valence-electron chi connectivity index (χ3n) is 3.25. The molecule has 0 aliphatic carbocycles. The van der Waals surface area contributed by atoms with Crippen LogP contribution in [-0.4, -0.2) is 21.0 Å². The highest BCUT2D eigenvalue weighted by atomic mass is 16.3. The smallest absolute Gasteiger partial charge is 0.255 e. The monoisotopic (exact) mass is 281 g/mol. The summed E-state index contributed by atoms with van der Waals surface area (Å²) < 4.78 is 0. The number of carbonyl (C=O) groups is 1. The van der Waals surface area contributed by atoms with E-state index in [4.69, 9.17) is 0 Å². The van der Waals surface area contributed by atoms with Crippen LogP contribution < -0.4 is 5.32 Å². The second-order valence-electron chi connectivity index (χ2n) is 4.90. The molecule has 0 saturated carbocycles. The Labute approximate surface area is 121 Å². The van der Waals surface area contributed by atoms with Crippen LogP contribution in [0.4, 0.5) is 0 Å². The quantitative estimate of drug-likeness (QED) is 0.690. The van der Waals surface area contributed by atoms with E-state index in [1.165, 1.54) is 6.07 Å². The number of nitrogens with one attached hydrogen (secondary N) is 2. The fraction of sp³-hybridized carbons (Fsp3) is 0.125. The van der Waals surface area contributed by atoms with E-state index in [2.05, 4.69) is 15.3 Å². The molecule has 0 aliphatic rings. The Morgan fingerprint density at radius 3 is 2.90 bits per heavy atom. The summed E-state index contributed by atoms with van der Waals surface area (Å²) >= 11 is 0. The average molecular weight is 281 g/mol. The molecule has 0 fully saturated rings. The second-order valence-corrected chi connectivity index (χ2v) is 4.90. The molecule has 2 aromatic carbocycles. The summed E-state index contributed by atoms with van der Waals surface area (Å²) in [5.74, 6) is 0.330. The molecule has 0 radical (unpaired) electrons. The van der Waals surface area contributed by atoms with Crippen molar-refractivity contribution in [2.75, 3.05) is 0 Å². The summed E-state index contributed by atoms with van der Waals surface area (Å²) in [6.07, 6.45) is 0. The fourth-order valence-electron chi connectivity index (χ4n) is 2.18. The molecule has 3 rings (SSSR count). The van der Waals surface area contributed by atoms with Gasteiger partial charge in [-0.2, -0.15) is 0 Å². The Balaban J connectivity index is 1.74. The molecule has 0 aliphatic heterocycles. The number of hydrogen-bond donors (Lipinski definition) is 3. The Hall–Kier alpha value is -2.82. The number of amides is 1. The molecule has 0 atom stereocenters. The first-order valence-electron chi connectivity index (χ1n) is 6.65. The molecular formula is C16H15N3O2. The van der Waals surface area contributed by atoms with Crippen molar-refractivity contribution in [2.24, 2.45) is 0 Å². The molecule has 3 N–H and O–H groups in total.